The van der Waals surface area contributed by atoms with Crippen LogP contribution in [0.4, 0.5) is 34.1 Å². The van der Waals surface area contributed by atoms with Crippen molar-refractivity contribution in [3.63, 3.8) is 0 Å². The van der Waals surface area contributed by atoms with Crippen molar-refractivity contribution in [3.8, 4) is 11.1 Å². The Morgan fingerprint density at radius 3 is 1.35 bits per heavy atom. The maximum absolute atomic E-state index is 2.32. The summed E-state index contributed by atoms with van der Waals surface area (Å²) < 4.78 is 0. The lowest BCUT2D eigenvalue weighted by Gasteiger charge is -2.27. The number of anilines is 6. The van der Waals surface area contributed by atoms with Crippen molar-refractivity contribution in [3.05, 3.63) is 169 Å². The molecular weight excluding hydrogens is 484 g/mol. The highest BCUT2D eigenvalue weighted by molar-refractivity contribution is 5.81. The minimum Gasteiger partial charge on any atom is -0.310 e. The van der Waals surface area contributed by atoms with Gasteiger partial charge in [-0.2, -0.15) is 0 Å². The second-order valence-electron chi connectivity index (χ2n) is 10.1. The minimum absolute atomic E-state index is 1.13. The molecule has 0 saturated carbocycles. The van der Waals surface area contributed by atoms with Crippen LogP contribution in [0.15, 0.2) is 158 Å². The van der Waals surface area contributed by atoms with Crippen LogP contribution in [0.2, 0.25) is 0 Å². The number of hydrogen-bond acceptors (Lipinski definition) is 2. The molecule has 0 radical (unpaired) electrons. The molecule has 0 N–H and O–H groups in total. The third kappa shape index (κ3) is 5.25. The van der Waals surface area contributed by atoms with E-state index >= 15 is 0 Å². The van der Waals surface area contributed by atoms with Crippen molar-refractivity contribution < 1.29 is 0 Å². The molecule has 0 amide bonds. The lowest BCUT2D eigenvalue weighted by molar-refractivity contribution is 1.25. The highest BCUT2D eigenvalue weighted by atomic mass is 15.1. The summed E-state index contributed by atoms with van der Waals surface area (Å²) in [4.78, 5) is 4.63. The molecular formula is C38H32N2. The maximum atomic E-state index is 2.32. The fourth-order valence-electron chi connectivity index (χ4n) is 5.22. The Hall–Kier alpha value is -5.08. The zero-order valence-corrected chi connectivity index (χ0v) is 22.9. The summed E-state index contributed by atoms with van der Waals surface area (Å²) in [5.41, 5.74) is 11.7. The molecule has 40 heavy (non-hydrogen) atoms. The van der Waals surface area contributed by atoms with Gasteiger partial charge in [-0.3, -0.25) is 0 Å². The molecule has 0 aromatic heterocycles. The highest BCUT2D eigenvalue weighted by Crippen LogP contribution is 2.38. The van der Waals surface area contributed by atoms with E-state index in [0.717, 1.165) is 28.4 Å². The SMILES string of the molecule is Cc1cccc(N(c2ccccc2)c2ccc(-c3ccc(N(c4ccccc4)c4ccccc4C)cc3)cc2)c1. The Kier molecular flexibility index (Phi) is 7.15. The van der Waals surface area contributed by atoms with Gasteiger partial charge in [-0.05, 0) is 103 Å². The molecule has 0 fully saturated rings. The van der Waals surface area contributed by atoms with Crippen LogP contribution < -0.4 is 9.80 Å². The summed E-state index contributed by atoms with van der Waals surface area (Å²) in [5.74, 6) is 0. The van der Waals surface area contributed by atoms with E-state index in [1.165, 1.54) is 27.9 Å². The van der Waals surface area contributed by atoms with Crippen LogP contribution in [0, 0.1) is 13.8 Å². The van der Waals surface area contributed by atoms with Crippen LogP contribution in [-0.4, -0.2) is 0 Å². The van der Waals surface area contributed by atoms with Gasteiger partial charge in [0, 0.05) is 34.1 Å². The zero-order chi connectivity index (χ0) is 27.3. The summed E-state index contributed by atoms with van der Waals surface area (Å²) in [6.07, 6.45) is 0. The van der Waals surface area contributed by atoms with Gasteiger partial charge in [0.05, 0.1) is 0 Å². The maximum Gasteiger partial charge on any atom is 0.0490 e. The molecule has 6 rings (SSSR count). The largest absolute Gasteiger partial charge is 0.310 e. The summed E-state index contributed by atoms with van der Waals surface area (Å²) >= 11 is 0. The van der Waals surface area contributed by atoms with Crippen molar-refractivity contribution >= 4 is 34.1 Å². The standard InChI is InChI=1S/C38H32N2/c1-29-12-11-18-37(28-29)39(33-14-5-3-6-15-33)35-24-20-31(21-25-35)32-22-26-36(27-23-32)40(34-16-7-4-8-17-34)38-19-10-9-13-30(38)2/h3-28H,1-2H3. The van der Waals surface area contributed by atoms with Gasteiger partial charge in [0.2, 0.25) is 0 Å². The van der Waals surface area contributed by atoms with Gasteiger partial charge in [-0.25, -0.2) is 0 Å². The molecule has 0 heterocycles. The van der Waals surface area contributed by atoms with Crippen LogP contribution in [0.25, 0.3) is 11.1 Å². The van der Waals surface area contributed by atoms with Crippen LogP contribution in [0.1, 0.15) is 11.1 Å². The van der Waals surface area contributed by atoms with E-state index in [0.29, 0.717) is 0 Å². The monoisotopic (exact) mass is 516 g/mol. The number of hydrogen-bond donors (Lipinski definition) is 0. The third-order valence-corrected chi connectivity index (χ3v) is 7.23. The van der Waals surface area contributed by atoms with E-state index in [-0.39, 0.29) is 0 Å². The van der Waals surface area contributed by atoms with E-state index in [1.54, 1.807) is 0 Å². The van der Waals surface area contributed by atoms with E-state index in [9.17, 15) is 0 Å². The van der Waals surface area contributed by atoms with Gasteiger partial charge in [0.1, 0.15) is 0 Å². The molecule has 2 heteroatoms. The number of para-hydroxylation sites is 3. The zero-order valence-electron chi connectivity index (χ0n) is 22.9. The lowest BCUT2D eigenvalue weighted by atomic mass is 10.0. The second kappa shape index (κ2) is 11.3. The van der Waals surface area contributed by atoms with Gasteiger partial charge >= 0.3 is 0 Å². The molecule has 2 nitrogen and oxygen atoms in total. The van der Waals surface area contributed by atoms with Crippen LogP contribution in [0.3, 0.4) is 0 Å². The number of rotatable bonds is 7. The second-order valence-corrected chi connectivity index (χ2v) is 10.1. The first-order valence-corrected chi connectivity index (χ1v) is 13.7. The average molecular weight is 517 g/mol. The van der Waals surface area contributed by atoms with E-state index < -0.39 is 0 Å². The van der Waals surface area contributed by atoms with E-state index in [2.05, 4.69) is 181 Å². The molecule has 0 unspecified atom stereocenters. The Labute approximate surface area is 237 Å². The van der Waals surface area contributed by atoms with E-state index in [4.69, 9.17) is 0 Å². The Morgan fingerprint density at radius 2 is 0.800 bits per heavy atom. The molecule has 0 aliphatic carbocycles. The third-order valence-electron chi connectivity index (χ3n) is 7.23. The highest BCUT2D eigenvalue weighted by Gasteiger charge is 2.15. The molecule has 0 aliphatic heterocycles. The first kappa shape index (κ1) is 25.2. The first-order valence-electron chi connectivity index (χ1n) is 13.7. The predicted octanol–water partition coefficient (Wildman–Crippen LogP) is 10.9. The quantitative estimate of drug-likeness (QED) is 0.208. The van der Waals surface area contributed by atoms with Crippen molar-refractivity contribution in [1.82, 2.24) is 0 Å². The fourth-order valence-corrected chi connectivity index (χ4v) is 5.22. The van der Waals surface area contributed by atoms with Crippen molar-refractivity contribution in [1.29, 1.82) is 0 Å². The summed E-state index contributed by atoms with van der Waals surface area (Å²) in [6.45, 7) is 4.30. The molecule has 0 bridgehead atoms. The average Bonchev–Trinajstić information content (AvgIpc) is 3.00. The summed E-state index contributed by atoms with van der Waals surface area (Å²) in [7, 11) is 0. The number of aryl methyl sites for hydroxylation is 2. The predicted molar refractivity (Wildman–Crippen MR) is 171 cm³/mol. The number of benzene rings is 6. The van der Waals surface area contributed by atoms with Gasteiger partial charge in [0.15, 0.2) is 0 Å². The molecule has 6 aromatic carbocycles. The fraction of sp³-hybridized carbons (Fsp3) is 0.0526. The first-order chi connectivity index (χ1) is 19.7. The molecule has 194 valence electrons. The van der Waals surface area contributed by atoms with Crippen molar-refractivity contribution in [2.45, 2.75) is 13.8 Å². The van der Waals surface area contributed by atoms with Crippen molar-refractivity contribution in [2.75, 3.05) is 9.80 Å². The minimum atomic E-state index is 1.13. The summed E-state index contributed by atoms with van der Waals surface area (Å²) in [5, 5.41) is 0. The van der Waals surface area contributed by atoms with Gasteiger partial charge in [-0.1, -0.05) is 91.0 Å². The molecule has 0 atom stereocenters. The Morgan fingerprint density at radius 1 is 0.350 bits per heavy atom. The topological polar surface area (TPSA) is 6.48 Å². The molecule has 0 saturated heterocycles. The van der Waals surface area contributed by atoms with Crippen LogP contribution in [0.5, 0.6) is 0 Å². The van der Waals surface area contributed by atoms with Crippen molar-refractivity contribution in [2.24, 2.45) is 0 Å². The van der Waals surface area contributed by atoms with Gasteiger partial charge in [-0.15, -0.1) is 0 Å². The van der Waals surface area contributed by atoms with Crippen LogP contribution >= 0.6 is 0 Å². The lowest BCUT2D eigenvalue weighted by Crippen LogP contribution is -2.11. The number of nitrogens with zero attached hydrogens (tertiary/aromatic N) is 2. The Balaban J connectivity index is 1.33. The van der Waals surface area contributed by atoms with Gasteiger partial charge in [0.25, 0.3) is 0 Å². The molecule has 0 spiro atoms. The van der Waals surface area contributed by atoms with Crippen LogP contribution in [-0.2, 0) is 0 Å². The van der Waals surface area contributed by atoms with Gasteiger partial charge < -0.3 is 9.80 Å². The smallest absolute Gasteiger partial charge is 0.0490 e. The summed E-state index contributed by atoms with van der Waals surface area (Å²) in [6, 6.07) is 56.0. The molecule has 6 aromatic rings. The molecule has 0 aliphatic rings. The van der Waals surface area contributed by atoms with E-state index in [1.807, 2.05) is 0 Å². The normalized spacial score (nSPS) is 10.8. The Bertz CT molecular complexity index is 1690.